The number of nitro benzene ring substituents is 1. The summed E-state index contributed by atoms with van der Waals surface area (Å²) >= 11 is 6.07. The zero-order valence-electron chi connectivity index (χ0n) is 14.2. The summed E-state index contributed by atoms with van der Waals surface area (Å²) in [5.41, 5.74) is 8.87. The van der Waals surface area contributed by atoms with Gasteiger partial charge in [-0.1, -0.05) is 17.7 Å². The summed E-state index contributed by atoms with van der Waals surface area (Å²) < 4.78 is 0. The molecule has 26 heavy (non-hydrogen) atoms. The predicted molar refractivity (Wildman–Crippen MR) is 103 cm³/mol. The Morgan fingerprint density at radius 3 is 2.88 bits per heavy atom. The van der Waals surface area contributed by atoms with Crippen molar-refractivity contribution < 1.29 is 9.72 Å². The summed E-state index contributed by atoms with van der Waals surface area (Å²) in [5, 5.41) is 13.9. The number of benzene rings is 2. The molecule has 1 unspecified atom stereocenters. The molecule has 1 atom stereocenters. The van der Waals surface area contributed by atoms with Gasteiger partial charge in [-0.05, 0) is 43.5 Å². The second-order valence-electron chi connectivity index (χ2n) is 6.23. The first-order valence-corrected chi connectivity index (χ1v) is 8.65. The number of nitrogens with one attached hydrogen (secondary N) is 1. The van der Waals surface area contributed by atoms with Crippen LogP contribution in [-0.4, -0.2) is 23.4 Å². The van der Waals surface area contributed by atoms with E-state index >= 15 is 0 Å². The Morgan fingerprint density at radius 2 is 2.15 bits per heavy atom. The molecule has 1 aliphatic rings. The van der Waals surface area contributed by atoms with E-state index in [1.165, 1.54) is 18.2 Å². The molecule has 3 rings (SSSR count). The van der Waals surface area contributed by atoms with Gasteiger partial charge in [0.25, 0.3) is 5.69 Å². The minimum Gasteiger partial charge on any atom is -0.398 e. The predicted octanol–water partition coefficient (Wildman–Crippen LogP) is 3.61. The maximum absolute atomic E-state index is 12.7. The zero-order valence-corrected chi connectivity index (χ0v) is 15.0. The maximum Gasteiger partial charge on any atom is 0.271 e. The van der Waals surface area contributed by atoms with Crippen molar-refractivity contribution in [2.24, 2.45) is 0 Å². The number of amides is 1. The molecule has 0 saturated carbocycles. The van der Waals surface area contributed by atoms with Crippen molar-refractivity contribution in [1.82, 2.24) is 0 Å². The molecule has 0 fully saturated rings. The fourth-order valence-corrected chi connectivity index (χ4v) is 3.35. The van der Waals surface area contributed by atoms with Crippen molar-refractivity contribution >= 4 is 40.3 Å². The van der Waals surface area contributed by atoms with Crippen LogP contribution in [0.5, 0.6) is 0 Å². The number of carbonyl (C=O) groups excluding carboxylic acids is 1. The van der Waals surface area contributed by atoms with Gasteiger partial charge in [-0.25, -0.2) is 0 Å². The van der Waals surface area contributed by atoms with Gasteiger partial charge in [-0.3, -0.25) is 14.9 Å². The first-order chi connectivity index (χ1) is 12.4. The number of carbonyl (C=O) groups is 1. The second-order valence-corrected chi connectivity index (χ2v) is 6.64. The van der Waals surface area contributed by atoms with Crippen LogP contribution < -0.4 is 16.0 Å². The number of non-ortho nitro benzene ring substituents is 1. The Balaban J connectivity index is 1.83. The van der Waals surface area contributed by atoms with E-state index < -0.39 is 11.0 Å². The number of anilines is 3. The molecule has 2 aromatic carbocycles. The normalized spacial score (nSPS) is 14.5. The molecular weight excluding hydrogens is 356 g/mol. The molecule has 0 aromatic heterocycles. The Kier molecular flexibility index (Phi) is 4.99. The minimum absolute atomic E-state index is 0.131. The number of hydrogen-bond donors (Lipinski definition) is 2. The molecule has 8 heteroatoms. The summed E-state index contributed by atoms with van der Waals surface area (Å²) in [5.74, 6) is -0.289. The van der Waals surface area contributed by atoms with Crippen molar-refractivity contribution in [3.8, 4) is 0 Å². The van der Waals surface area contributed by atoms with Crippen LogP contribution in [0.25, 0.3) is 0 Å². The van der Waals surface area contributed by atoms with Gasteiger partial charge in [-0.15, -0.1) is 0 Å². The van der Waals surface area contributed by atoms with E-state index in [9.17, 15) is 14.9 Å². The molecule has 0 bridgehead atoms. The monoisotopic (exact) mass is 374 g/mol. The number of nitro groups is 1. The van der Waals surface area contributed by atoms with Gasteiger partial charge in [0, 0.05) is 30.1 Å². The van der Waals surface area contributed by atoms with Crippen molar-refractivity contribution in [2.45, 2.75) is 25.8 Å². The number of halogens is 1. The highest BCUT2D eigenvalue weighted by atomic mass is 35.5. The van der Waals surface area contributed by atoms with Gasteiger partial charge < -0.3 is 16.0 Å². The summed E-state index contributed by atoms with van der Waals surface area (Å²) in [7, 11) is 0. The molecule has 1 amide bonds. The lowest BCUT2D eigenvalue weighted by Gasteiger charge is -2.36. The van der Waals surface area contributed by atoms with E-state index in [0.29, 0.717) is 0 Å². The van der Waals surface area contributed by atoms with Crippen molar-refractivity contribution in [1.29, 1.82) is 0 Å². The van der Waals surface area contributed by atoms with Crippen LogP contribution in [0.3, 0.4) is 0 Å². The van der Waals surface area contributed by atoms with Gasteiger partial charge in [-0.2, -0.15) is 0 Å². The highest BCUT2D eigenvalue weighted by Crippen LogP contribution is 2.33. The Bertz CT molecular complexity index is 872. The van der Waals surface area contributed by atoms with E-state index in [-0.39, 0.29) is 22.3 Å². The van der Waals surface area contributed by atoms with Crippen LogP contribution in [0, 0.1) is 10.1 Å². The molecule has 7 nitrogen and oxygen atoms in total. The van der Waals surface area contributed by atoms with Gasteiger partial charge in [0.15, 0.2) is 0 Å². The van der Waals surface area contributed by atoms with E-state index in [1.54, 1.807) is 6.92 Å². The van der Waals surface area contributed by atoms with Crippen LogP contribution in [-0.2, 0) is 11.2 Å². The fourth-order valence-electron chi connectivity index (χ4n) is 3.18. The molecular formula is C18H19ClN4O3. The summed E-state index contributed by atoms with van der Waals surface area (Å²) in [4.78, 5) is 25.1. The standard InChI is InChI=1S/C18H19ClN4O3/c1-11(22-9-3-4-13-15(20)5-2-6-17(13)22)18(24)21-16-10-12(23(25)26)7-8-14(16)19/h2,5-8,10-11H,3-4,9,20H2,1H3,(H,21,24). The molecule has 0 spiro atoms. The van der Waals surface area contributed by atoms with Crippen molar-refractivity contribution in [3.05, 3.63) is 57.1 Å². The van der Waals surface area contributed by atoms with Crippen LogP contribution in [0.1, 0.15) is 18.9 Å². The summed E-state index contributed by atoms with van der Waals surface area (Å²) in [6.07, 6.45) is 1.78. The van der Waals surface area contributed by atoms with Gasteiger partial charge >= 0.3 is 0 Å². The number of nitrogen functional groups attached to an aromatic ring is 1. The average molecular weight is 375 g/mol. The number of hydrogen-bond acceptors (Lipinski definition) is 5. The molecule has 0 saturated heterocycles. The second kappa shape index (κ2) is 7.21. The van der Waals surface area contributed by atoms with Gasteiger partial charge in [0.05, 0.1) is 15.6 Å². The average Bonchev–Trinajstić information content (AvgIpc) is 2.62. The maximum atomic E-state index is 12.7. The summed E-state index contributed by atoms with van der Waals surface area (Å²) in [6.45, 7) is 2.52. The van der Waals surface area contributed by atoms with E-state index in [4.69, 9.17) is 17.3 Å². The van der Waals surface area contributed by atoms with Crippen molar-refractivity contribution in [2.75, 3.05) is 22.5 Å². The largest absolute Gasteiger partial charge is 0.398 e. The molecule has 136 valence electrons. The van der Waals surface area contributed by atoms with Crippen LogP contribution in [0.2, 0.25) is 5.02 Å². The van der Waals surface area contributed by atoms with Crippen molar-refractivity contribution in [3.63, 3.8) is 0 Å². The third-order valence-electron chi connectivity index (χ3n) is 4.59. The molecule has 1 heterocycles. The number of nitrogens with zero attached hydrogens (tertiary/aromatic N) is 2. The third-order valence-corrected chi connectivity index (χ3v) is 4.92. The first kappa shape index (κ1) is 18.0. The topological polar surface area (TPSA) is 101 Å². The van der Waals surface area contributed by atoms with Crippen LogP contribution in [0.15, 0.2) is 36.4 Å². The molecule has 0 aliphatic carbocycles. The molecule has 2 aromatic rings. The zero-order chi connectivity index (χ0) is 18.8. The summed E-state index contributed by atoms with van der Waals surface area (Å²) in [6, 6.07) is 9.16. The number of fused-ring (bicyclic) bond motifs is 1. The quantitative estimate of drug-likeness (QED) is 0.483. The minimum atomic E-state index is -0.529. The fraction of sp³-hybridized carbons (Fsp3) is 0.278. The number of nitrogens with two attached hydrogens (primary N) is 1. The Labute approximate surface area is 155 Å². The number of rotatable bonds is 4. The van der Waals surface area contributed by atoms with Gasteiger partial charge in [0.1, 0.15) is 6.04 Å². The van der Waals surface area contributed by atoms with E-state index in [0.717, 1.165) is 36.3 Å². The highest BCUT2D eigenvalue weighted by Gasteiger charge is 2.27. The molecule has 1 aliphatic heterocycles. The van der Waals surface area contributed by atoms with Gasteiger partial charge in [0.2, 0.25) is 5.91 Å². The lowest BCUT2D eigenvalue weighted by atomic mass is 9.98. The Morgan fingerprint density at radius 1 is 1.38 bits per heavy atom. The van der Waals surface area contributed by atoms with Crippen LogP contribution in [0.4, 0.5) is 22.7 Å². The molecule has 0 radical (unpaired) electrons. The van der Waals surface area contributed by atoms with Crippen LogP contribution >= 0.6 is 11.6 Å². The smallest absolute Gasteiger partial charge is 0.271 e. The highest BCUT2D eigenvalue weighted by molar-refractivity contribution is 6.33. The van der Waals surface area contributed by atoms with E-state index in [2.05, 4.69) is 5.32 Å². The third kappa shape index (κ3) is 3.43. The SMILES string of the molecule is CC(C(=O)Nc1cc([N+](=O)[O-])ccc1Cl)N1CCCc2c(N)cccc21. The first-order valence-electron chi connectivity index (χ1n) is 8.27. The lowest BCUT2D eigenvalue weighted by molar-refractivity contribution is -0.384. The van der Waals surface area contributed by atoms with E-state index in [1.807, 2.05) is 23.1 Å². The Hall–Kier alpha value is -2.80. The molecule has 3 N–H and O–H groups in total. The lowest BCUT2D eigenvalue weighted by Crippen LogP contribution is -2.44.